The summed E-state index contributed by atoms with van der Waals surface area (Å²) >= 11 is 0. The third kappa shape index (κ3) is 3.88. The van der Waals surface area contributed by atoms with Gasteiger partial charge >= 0.3 is 6.03 Å². The number of urea groups is 1. The van der Waals surface area contributed by atoms with Gasteiger partial charge in [0.25, 0.3) is 0 Å². The molecule has 0 aliphatic carbocycles. The fraction of sp³-hybridized carbons (Fsp3) is 0.562. The van der Waals surface area contributed by atoms with Crippen molar-refractivity contribution in [2.45, 2.75) is 31.4 Å². The number of hydrogen-bond acceptors (Lipinski definition) is 3. The highest BCUT2D eigenvalue weighted by molar-refractivity contribution is 5.74. The quantitative estimate of drug-likeness (QED) is 0.892. The lowest BCUT2D eigenvalue weighted by Gasteiger charge is -2.19. The molecule has 2 fully saturated rings. The molecule has 0 radical (unpaired) electrons. The van der Waals surface area contributed by atoms with E-state index in [1.54, 1.807) is 0 Å². The van der Waals surface area contributed by atoms with Gasteiger partial charge in [-0.2, -0.15) is 0 Å². The summed E-state index contributed by atoms with van der Waals surface area (Å²) < 4.78 is 5.52. The minimum atomic E-state index is 0.0304. The molecule has 2 saturated heterocycles. The minimum Gasteiger partial charge on any atom is -0.380 e. The number of hydrogen-bond donors (Lipinski definition) is 2. The molecule has 0 aromatic heterocycles. The summed E-state index contributed by atoms with van der Waals surface area (Å²) in [6, 6.07) is 10.5. The highest BCUT2D eigenvalue weighted by atomic mass is 16.5. The lowest BCUT2D eigenvalue weighted by Crippen LogP contribution is -2.42. The van der Waals surface area contributed by atoms with Crippen molar-refractivity contribution < 1.29 is 9.53 Å². The molecular weight excluding hydrogens is 266 g/mol. The van der Waals surface area contributed by atoms with Crippen molar-refractivity contribution in [3.8, 4) is 0 Å². The molecule has 2 heterocycles. The zero-order valence-corrected chi connectivity index (χ0v) is 12.3. The first-order valence-corrected chi connectivity index (χ1v) is 7.77. The number of likely N-dealkylation sites (tertiary alicyclic amines) is 1. The van der Waals surface area contributed by atoms with E-state index in [9.17, 15) is 4.79 Å². The first-order chi connectivity index (χ1) is 10.3. The molecule has 21 heavy (non-hydrogen) atoms. The monoisotopic (exact) mass is 289 g/mol. The number of carbonyl (C=O) groups excluding carboxylic acids is 1. The maximum Gasteiger partial charge on any atom is 0.317 e. The minimum absolute atomic E-state index is 0.0304. The van der Waals surface area contributed by atoms with Gasteiger partial charge in [-0.3, -0.25) is 0 Å². The molecule has 2 atom stereocenters. The SMILES string of the molecule is O=C(NC[C@H]1CCCO1)N1CC[C@@H](Nc2ccccc2)C1. The van der Waals surface area contributed by atoms with E-state index in [0.29, 0.717) is 12.6 Å². The van der Waals surface area contributed by atoms with Gasteiger partial charge in [0.1, 0.15) is 0 Å². The largest absolute Gasteiger partial charge is 0.380 e. The second-order valence-corrected chi connectivity index (χ2v) is 5.76. The Morgan fingerprint density at radius 2 is 2.14 bits per heavy atom. The van der Waals surface area contributed by atoms with Crippen LogP contribution < -0.4 is 10.6 Å². The van der Waals surface area contributed by atoms with E-state index in [1.165, 1.54) is 0 Å². The second-order valence-electron chi connectivity index (χ2n) is 5.76. The first-order valence-electron chi connectivity index (χ1n) is 7.77. The maximum absolute atomic E-state index is 12.1. The van der Waals surface area contributed by atoms with Crippen LogP contribution in [0.1, 0.15) is 19.3 Å². The van der Waals surface area contributed by atoms with Crippen LogP contribution >= 0.6 is 0 Å². The van der Waals surface area contributed by atoms with E-state index in [2.05, 4.69) is 22.8 Å². The van der Waals surface area contributed by atoms with Crippen molar-refractivity contribution in [3.05, 3.63) is 30.3 Å². The van der Waals surface area contributed by atoms with Gasteiger partial charge in [-0.1, -0.05) is 18.2 Å². The lowest BCUT2D eigenvalue weighted by molar-refractivity contribution is 0.109. The van der Waals surface area contributed by atoms with E-state index < -0.39 is 0 Å². The summed E-state index contributed by atoms with van der Waals surface area (Å²) in [5.74, 6) is 0. The Kier molecular flexibility index (Phi) is 4.60. The van der Waals surface area contributed by atoms with Crippen molar-refractivity contribution in [2.75, 3.05) is 31.6 Å². The molecule has 0 saturated carbocycles. The van der Waals surface area contributed by atoms with Crippen LogP contribution in [0.15, 0.2) is 30.3 Å². The van der Waals surface area contributed by atoms with Gasteiger partial charge in [-0.15, -0.1) is 0 Å². The van der Waals surface area contributed by atoms with Crippen molar-refractivity contribution >= 4 is 11.7 Å². The van der Waals surface area contributed by atoms with E-state index >= 15 is 0 Å². The van der Waals surface area contributed by atoms with Crippen molar-refractivity contribution in [1.29, 1.82) is 0 Å². The summed E-state index contributed by atoms with van der Waals surface area (Å²) in [6.45, 7) is 3.02. The van der Waals surface area contributed by atoms with Crippen LogP contribution in [0.4, 0.5) is 10.5 Å². The van der Waals surface area contributed by atoms with Gasteiger partial charge in [0, 0.05) is 38.0 Å². The molecule has 0 spiro atoms. The Morgan fingerprint density at radius 1 is 1.29 bits per heavy atom. The Balaban J connectivity index is 1.42. The molecule has 1 aromatic carbocycles. The molecule has 1 aromatic rings. The molecule has 2 aliphatic rings. The number of nitrogens with one attached hydrogen (secondary N) is 2. The summed E-state index contributed by atoms with van der Waals surface area (Å²) in [4.78, 5) is 14.0. The van der Waals surface area contributed by atoms with Crippen LogP contribution in [0.3, 0.4) is 0 Å². The van der Waals surface area contributed by atoms with Crippen LogP contribution in [0.5, 0.6) is 0 Å². The van der Waals surface area contributed by atoms with Gasteiger partial charge in [-0.05, 0) is 31.4 Å². The van der Waals surface area contributed by atoms with Gasteiger partial charge in [0.15, 0.2) is 0 Å². The summed E-state index contributed by atoms with van der Waals surface area (Å²) in [7, 11) is 0. The molecule has 2 amide bonds. The number of nitrogens with zero attached hydrogens (tertiary/aromatic N) is 1. The fourth-order valence-corrected chi connectivity index (χ4v) is 2.95. The van der Waals surface area contributed by atoms with Gasteiger partial charge in [0.2, 0.25) is 0 Å². The average Bonchev–Trinajstić information content (AvgIpc) is 3.17. The molecule has 0 unspecified atom stereocenters. The predicted octanol–water partition coefficient (Wildman–Crippen LogP) is 2.06. The Hall–Kier alpha value is -1.75. The highest BCUT2D eigenvalue weighted by Gasteiger charge is 2.26. The van der Waals surface area contributed by atoms with Gasteiger partial charge in [0.05, 0.1) is 6.10 Å². The smallest absolute Gasteiger partial charge is 0.317 e. The normalized spacial score (nSPS) is 25.0. The molecular formula is C16H23N3O2. The summed E-state index contributed by atoms with van der Waals surface area (Å²) in [6.07, 6.45) is 3.35. The third-order valence-corrected chi connectivity index (χ3v) is 4.12. The number of amides is 2. The number of para-hydroxylation sites is 1. The molecule has 2 N–H and O–H groups in total. The predicted molar refractivity (Wildman–Crippen MR) is 82.4 cm³/mol. The Morgan fingerprint density at radius 3 is 2.90 bits per heavy atom. The summed E-state index contributed by atoms with van der Waals surface area (Å²) in [5, 5.41) is 6.46. The van der Waals surface area contributed by atoms with Crippen LogP contribution in [0.25, 0.3) is 0 Å². The maximum atomic E-state index is 12.1. The fourth-order valence-electron chi connectivity index (χ4n) is 2.95. The number of carbonyl (C=O) groups is 1. The number of ether oxygens (including phenoxy) is 1. The van der Waals surface area contributed by atoms with E-state index in [4.69, 9.17) is 4.74 Å². The second kappa shape index (κ2) is 6.80. The molecule has 0 bridgehead atoms. The molecule has 5 heteroatoms. The lowest BCUT2D eigenvalue weighted by atomic mass is 10.2. The Bertz CT molecular complexity index is 460. The third-order valence-electron chi connectivity index (χ3n) is 4.12. The van der Waals surface area contributed by atoms with Crippen molar-refractivity contribution in [3.63, 3.8) is 0 Å². The molecule has 114 valence electrons. The van der Waals surface area contributed by atoms with Crippen LogP contribution in [0.2, 0.25) is 0 Å². The highest BCUT2D eigenvalue weighted by Crippen LogP contribution is 2.16. The van der Waals surface area contributed by atoms with Crippen LogP contribution in [-0.4, -0.2) is 49.3 Å². The van der Waals surface area contributed by atoms with E-state index in [1.807, 2.05) is 23.1 Å². The number of anilines is 1. The number of rotatable bonds is 4. The topological polar surface area (TPSA) is 53.6 Å². The zero-order chi connectivity index (χ0) is 14.5. The van der Waals surface area contributed by atoms with Crippen molar-refractivity contribution in [2.24, 2.45) is 0 Å². The Labute approximate surface area is 125 Å². The van der Waals surface area contributed by atoms with E-state index in [0.717, 1.165) is 44.6 Å². The average molecular weight is 289 g/mol. The molecule has 3 rings (SSSR count). The van der Waals surface area contributed by atoms with Crippen LogP contribution in [0, 0.1) is 0 Å². The summed E-state index contributed by atoms with van der Waals surface area (Å²) in [5.41, 5.74) is 1.11. The standard InChI is InChI=1S/C16H23N3O2/c20-16(17-11-15-7-4-10-21-15)19-9-8-14(12-19)18-13-5-2-1-3-6-13/h1-3,5-6,14-15,18H,4,7-12H2,(H,17,20)/t14-,15-/m1/s1. The van der Waals surface area contributed by atoms with Gasteiger partial charge in [-0.25, -0.2) is 4.79 Å². The van der Waals surface area contributed by atoms with E-state index in [-0.39, 0.29) is 12.1 Å². The zero-order valence-electron chi connectivity index (χ0n) is 12.3. The molecule has 5 nitrogen and oxygen atoms in total. The van der Waals surface area contributed by atoms with Gasteiger partial charge < -0.3 is 20.3 Å². The van der Waals surface area contributed by atoms with Crippen LogP contribution in [-0.2, 0) is 4.74 Å². The number of benzene rings is 1. The molecule has 2 aliphatic heterocycles. The first kappa shape index (κ1) is 14.2. The van der Waals surface area contributed by atoms with Crippen molar-refractivity contribution in [1.82, 2.24) is 10.2 Å².